The van der Waals surface area contributed by atoms with Gasteiger partial charge in [-0.05, 0) is 35.3 Å². The number of thioether (sulfide) groups is 1. The summed E-state index contributed by atoms with van der Waals surface area (Å²) >= 11 is 7.27. The summed E-state index contributed by atoms with van der Waals surface area (Å²) in [4.78, 5) is 11.5. The van der Waals surface area contributed by atoms with Gasteiger partial charge in [0.05, 0.1) is 12.7 Å². The van der Waals surface area contributed by atoms with E-state index < -0.39 is 0 Å². The fourth-order valence-corrected chi connectivity index (χ4v) is 2.25. The Bertz CT molecular complexity index is 391. The Morgan fingerprint density at radius 3 is 2.94 bits per heavy atom. The normalized spacial score (nSPS) is 10.7. The van der Waals surface area contributed by atoms with Gasteiger partial charge in [-0.2, -0.15) is 0 Å². The number of ether oxygens (including phenoxy) is 1. The number of carbonyl (C=O) groups excluding carboxylic acids is 1. The first-order chi connectivity index (χ1) is 8.29. The number of alkyl halides is 1. The van der Waals surface area contributed by atoms with Crippen LogP contribution in [-0.2, 0) is 4.74 Å². The molecule has 0 saturated carbocycles. The largest absolute Gasteiger partial charge is 0.465 e. The Morgan fingerprint density at radius 2 is 2.24 bits per heavy atom. The molecule has 0 aliphatic rings. The number of benzene rings is 1. The minimum atomic E-state index is -0.309. The Hall–Kier alpha value is -0.930. The molecule has 0 heterocycles. The molecule has 92 valence electrons. The smallest absolute Gasteiger partial charge is 0.338 e. The minimum absolute atomic E-state index is 0.309. The highest BCUT2D eigenvalue weighted by molar-refractivity contribution is 8.02. The van der Waals surface area contributed by atoms with Gasteiger partial charge in [-0.1, -0.05) is 18.2 Å². The van der Waals surface area contributed by atoms with Crippen LogP contribution in [0.2, 0.25) is 0 Å². The molecule has 0 fully saturated rings. The fraction of sp³-hybridized carbons (Fsp3) is 0.308. The first kappa shape index (κ1) is 14.1. The summed E-state index contributed by atoms with van der Waals surface area (Å²) in [6.45, 7) is 0. The molecule has 0 saturated heterocycles. The zero-order chi connectivity index (χ0) is 12.5. The second kappa shape index (κ2) is 8.20. The first-order valence-corrected chi connectivity index (χ1v) is 6.89. The van der Waals surface area contributed by atoms with Gasteiger partial charge in [-0.3, -0.25) is 0 Å². The topological polar surface area (TPSA) is 26.3 Å². The number of hydrogen-bond donors (Lipinski definition) is 0. The number of carbonyl (C=O) groups is 1. The second-order valence-corrected chi connectivity index (χ2v) is 4.69. The maximum Gasteiger partial charge on any atom is 0.338 e. The predicted octanol–water partition coefficient (Wildman–Crippen LogP) is 3.81. The lowest BCUT2D eigenvalue weighted by atomic mass is 10.1. The maximum absolute atomic E-state index is 11.5. The fourth-order valence-electron chi connectivity index (χ4n) is 1.27. The number of halogens is 1. The molecule has 0 N–H and O–H groups in total. The summed E-state index contributed by atoms with van der Waals surface area (Å²) in [5.41, 5.74) is 1.46. The molecule has 0 aliphatic carbocycles. The van der Waals surface area contributed by atoms with Crippen molar-refractivity contribution in [3.05, 3.63) is 40.8 Å². The van der Waals surface area contributed by atoms with Crippen LogP contribution in [0.4, 0.5) is 0 Å². The van der Waals surface area contributed by atoms with Crippen molar-refractivity contribution in [3.8, 4) is 0 Å². The average Bonchev–Trinajstić information content (AvgIpc) is 2.38. The molecule has 0 unspecified atom stereocenters. The van der Waals surface area contributed by atoms with Gasteiger partial charge in [0, 0.05) is 5.88 Å². The minimum Gasteiger partial charge on any atom is -0.465 e. The SMILES string of the molecule is COC(=O)c1ccccc1/C=C/SCCCCl. The molecule has 0 spiro atoms. The zero-order valence-corrected chi connectivity index (χ0v) is 11.3. The molecule has 0 aliphatic heterocycles. The van der Waals surface area contributed by atoms with Crippen molar-refractivity contribution in [2.45, 2.75) is 6.42 Å². The number of esters is 1. The zero-order valence-electron chi connectivity index (χ0n) is 9.69. The highest BCUT2D eigenvalue weighted by Gasteiger charge is 2.07. The lowest BCUT2D eigenvalue weighted by molar-refractivity contribution is 0.0600. The summed E-state index contributed by atoms with van der Waals surface area (Å²) in [6.07, 6.45) is 2.90. The van der Waals surface area contributed by atoms with Crippen LogP contribution in [0.1, 0.15) is 22.3 Å². The van der Waals surface area contributed by atoms with E-state index >= 15 is 0 Å². The molecule has 2 nitrogen and oxygen atoms in total. The van der Waals surface area contributed by atoms with Crippen LogP contribution in [-0.4, -0.2) is 24.7 Å². The number of methoxy groups -OCH3 is 1. The van der Waals surface area contributed by atoms with E-state index in [1.54, 1.807) is 17.8 Å². The molecule has 1 aromatic carbocycles. The maximum atomic E-state index is 11.5. The Kier molecular flexibility index (Phi) is 6.82. The van der Waals surface area contributed by atoms with Gasteiger partial charge in [-0.25, -0.2) is 4.79 Å². The molecule has 0 atom stereocenters. The second-order valence-electron chi connectivity index (χ2n) is 3.29. The third-order valence-corrected chi connectivity index (χ3v) is 3.23. The third kappa shape index (κ3) is 4.84. The van der Waals surface area contributed by atoms with Crippen molar-refractivity contribution in [2.75, 3.05) is 18.7 Å². The van der Waals surface area contributed by atoms with Crippen LogP contribution < -0.4 is 0 Å². The number of rotatable bonds is 6. The van der Waals surface area contributed by atoms with Gasteiger partial charge >= 0.3 is 5.97 Å². The van der Waals surface area contributed by atoms with Crippen molar-refractivity contribution in [3.63, 3.8) is 0 Å². The van der Waals surface area contributed by atoms with Crippen LogP contribution in [0, 0.1) is 0 Å². The summed E-state index contributed by atoms with van der Waals surface area (Å²) < 4.78 is 4.72. The van der Waals surface area contributed by atoms with E-state index in [1.807, 2.05) is 29.7 Å². The Balaban J connectivity index is 2.66. The van der Waals surface area contributed by atoms with Crippen molar-refractivity contribution < 1.29 is 9.53 Å². The van der Waals surface area contributed by atoms with E-state index in [0.29, 0.717) is 11.4 Å². The molecule has 17 heavy (non-hydrogen) atoms. The molecule has 0 radical (unpaired) electrons. The van der Waals surface area contributed by atoms with Crippen molar-refractivity contribution in [1.82, 2.24) is 0 Å². The van der Waals surface area contributed by atoms with E-state index in [9.17, 15) is 4.79 Å². The average molecular weight is 271 g/mol. The molecule has 0 bridgehead atoms. The third-order valence-electron chi connectivity index (χ3n) is 2.11. The molecular weight excluding hydrogens is 256 g/mol. The van der Waals surface area contributed by atoms with E-state index in [1.165, 1.54) is 7.11 Å². The van der Waals surface area contributed by atoms with Crippen molar-refractivity contribution >= 4 is 35.4 Å². The van der Waals surface area contributed by atoms with E-state index in [2.05, 4.69) is 0 Å². The molecule has 1 rings (SSSR count). The summed E-state index contributed by atoms with van der Waals surface area (Å²) in [5, 5.41) is 1.98. The van der Waals surface area contributed by atoms with E-state index in [0.717, 1.165) is 17.7 Å². The Labute approximate surface area is 111 Å². The van der Waals surface area contributed by atoms with Crippen LogP contribution in [0.15, 0.2) is 29.7 Å². The standard InChI is InChI=1S/C13H15ClO2S/c1-16-13(15)12-6-3-2-5-11(12)7-10-17-9-4-8-14/h2-3,5-7,10H,4,8-9H2,1H3/b10-7+. The van der Waals surface area contributed by atoms with Gasteiger partial charge in [0.2, 0.25) is 0 Å². The summed E-state index contributed by atoms with van der Waals surface area (Å²) in [5.74, 6) is 1.36. The lowest BCUT2D eigenvalue weighted by Gasteiger charge is -2.03. The van der Waals surface area contributed by atoms with Gasteiger partial charge < -0.3 is 4.74 Å². The molecule has 0 aromatic heterocycles. The van der Waals surface area contributed by atoms with E-state index in [-0.39, 0.29) is 5.97 Å². The van der Waals surface area contributed by atoms with Crippen LogP contribution in [0.3, 0.4) is 0 Å². The summed E-state index contributed by atoms with van der Waals surface area (Å²) in [7, 11) is 1.39. The lowest BCUT2D eigenvalue weighted by Crippen LogP contribution is -2.02. The van der Waals surface area contributed by atoms with Crippen LogP contribution in [0.25, 0.3) is 6.08 Å². The number of hydrogen-bond acceptors (Lipinski definition) is 3. The Morgan fingerprint density at radius 1 is 1.47 bits per heavy atom. The van der Waals surface area contributed by atoms with Crippen molar-refractivity contribution in [2.24, 2.45) is 0 Å². The van der Waals surface area contributed by atoms with Gasteiger partial charge in [0.1, 0.15) is 0 Å². The van der Waals surface area contributed by atoms with Crippen LogP contribution in [0.5, 0.6) is 0 Å². The highest BCUT2D eigenvalue weighted by atomic mass is 35.5. The van der Waals surface area contributed by atoms with Gasteiger partial charge in [0.15, 0.2) is 0 Å². The molecule has 0 amide bonds. The van der Waals surface area contributed by atoms with E-state index in [4.69, 9.17) is 16.3 Å². The quantitative estimate of drug-likeness (QED) is 0.447. The predicted molar refractivity (Wildman–Crippen MR) is 74.6 cm³/mol. The molecule has 4 heteroatoms. The molecular formula is C13H15ClO2S. The highest BCUT2D eigenvalue weighted by Crippen LogP contribution is 2.15. The molecule has 1 aromatic rings. The van der Waals surface area contributed by atoms with Crippen LogP contribution >= 0.6 is 23.4 Å². The van der Waals surface area contributed by atoms with Crippen molar-refractivity contribution in [1.29, 1.82) is 0 Å². The van der Waals surface area contributed by atoms with Gasteiger partial charge in [0.25, 0.3) is 0 Å². The van der Waals surface area contributed by atoms with Gasteiger partial charge in [-0.15, -0.1) is 23.4 Å². The first-order valence-electron chi connectivity index (χ1n) is 5.31. The monoisotopic (exact) mass is 270 g/mol. The summed E-state index contributed by atoms with van der Waals surface area (Å²) in [6, 6.07) is 7.37.